The number of aromatic nitrogens is 1. The molecule has 1 aliphatic rings. The van der Waals surface area contributed by atoms with Gasteiger partial charge in [-0.15, -0.1) is 0 Å². The summed E-state index contributed by atoms with van der Waals surface area (Å²) in [7, 11) is 0. The zero-order valence-corrected chi connectivity index (χ0v) is 20.0. The lowest BCUT2D eigenvalue weighted by Gasteiger charge is -2.32. The molecule has 1 fully saturated rings. The molecule has 0 unspecified atom stereocenters. The first kappa shape index (κ1) is 24.2. The largest absolute Gasteiger partial charge is 0.459 e. The Morgan fingerprint density at radius 3 is 2.46 bits per heavy atom. The molecule has 8 nitrogen and oxygen atoms in total. The van der Waals surface area contributed by atoms with E-state index in [0.29, 0.717) is 11.3 Å². The van der Waals surface area contributed by atoms with Crippen LogP contribution in [0.1, 0.15) is 59.0 Å². The molecule has 35 heavy (non-hydrogen) atoms. The van der Waals surface area contributed by atoms with E-state index in [2.05, 4.69) is 15.6 Å². The highest BCUT2D eigenvalue weighted by Crippen LogP contribution is 2.30. The van der Waals surface area contributed by atoms with Crippen LogP contribution in [0.25, 0.3) is 0 Å². The maximum Gasteiger partial charge on any atom is 0.287 e. The molecule has 2 N–H and O–H groups in total. The molecule has 1 saturated carbocycles. The molecule has 1 atom stereocenters. The van der Waals surface area contributed by atoms with Gasteiger partial charge in [0.1, 0.15) is 6.04 Å². The number of hydrogen-bond acceptors (Lipinski definition) is 5. The normalized spacial score (nSPS) is 14.3. The van der Waals surface area contributed by atoms with Crippen molar-refractivity contribution in [2.45, 2.75) is 51.6 Å². The van der Waals surface area contributed by atoms with E-state index >= 15 is 0 Å². The van der Waals surface area contributed by atoms with E-state index in [1.54, 1.807) is 30.6 Å². The number of nitrogens with zero attached hydrogens (tertiary/aromatic N) is 2. The predicted octanol–water partition coefficient (Wildman–Crippen LogP) is 3.85. The van der Waals surface area contributed by atoms with Gasteiger partial charge in [0.25, 0.3) is 5.91 Å². The molecule has 182 valence electrons. The summed E-state index contributed by atoms with van der Waals surface area (Å²) in [6.07, 6.45) is 8.60. The monoisotopic (exact) mass is 474 g/mol. The molecule has 4 rings (SSSR count). The van der Waals surface area contributed by atoms with Crippen molar-refractivity contribution in [3.05, 3.63) is 83.6 Å². The van der Waals surface area contributed by atoms with Gasteiger partial charge in [0, 0.05) is 29.7 Å². The van der Waals surface area contributed by atoms with Crippen LogP contribution in [0, 0.1) is 13.8 Å². The molecule has 0 saturated heterocycles. The number of rotatable bonds is 8. The van der Waals surface area contributed by atoms with Crippen molar-refractivity contribution in [3.63, 3.8) is 0 Å². The lowest BCUT2D eigenvalue weighted by atomic mass is 10.0. The van der Waals surface area contributed by atoms with Crippen molar-refractivity contribution in [2.24, 2.45) is 0 Å². The SMILES string of the molecule is Cc1cc(C)cc(N(C(=O)CNC(=O)c2ccco2)[C@H](C(=O)NC2CCCC2)c2cccnc2)c1. The van der Waals surface area contributed by atoms with Crippen LogP contribution in [0.4, 0.5) is 5.69 Å². The number of nitrogens with one attached hydrogen (secondary N) is 2. The minimum atomic E-state index is -0.946. The average molecular weight is 475 g/mol. The number of furan rings is 1. The molecule has 3 amide bonds. The summed E-state index contributed by atoms with van der Waals surface area (Å²) in [6.45, 7) is 3.57. The van der Waals surface area contributed by atoms with Crippen molar-refractivity contribution in [2.75, 3.05) is 11.4 Å². The van der Waals surface area contributed by atoms with E-state index in [1.165, 1.54) is 17.2 Å². The highest BCUT2D eigenvalue weighted by molar-refractivity contribution is 6.04. The molecule has 0 radical (unpaired) electrons. The predicted molar refractivity (Wildman–Crippen MR) is 132 cm³/mol. The summed E-state index contributed by atoms with van der Waals surface area (Å²) >= 11 is 0. The maximum atomic E-state index is 13.7. The van der Waals surface area contributed by atoms with E-state index < -0.39 is 17.9 Å². The molecule has 1 aromatic carbocycles. The molecule has 2 heterocycles. The fourth-order valence-electron chi connectivity index (χ4n) is 4.57. The Labute approximate surface area is 204 Å². The van der Waals surface area contributed by atoms with Gasteiger partial charge in [-0.05, 0) is 68.1 Å². The molecule has 0 bridgehead atoms. The van der Waals surface area contributed by atoms with Crippen LogP contribution >= 0.6 is 0 Å². The van der Waals surface area contributed by atoms with Crippen molar-refractivity contribution in [1.29, 1.82) is 0 Å². The number of carbonyl (C=O) groups excluding carboxylic acids is 3. The van der Waals surface area contributed by atoms with Gasteiger partial charge >= 0.3 is 0 Å². The fraction of sp³-hybridized carbons (Fsp3) is 0.333. The van der Waals surface area contributed by atoms with Crippen molar-refractivity contribution in [1.82, 2.24) is 15.6 Å². The van der Waals surface area contributed by atoms with Crippen molar-refractivity contribution in [3.8, 4) is 0 Å². The van der Waals surface area contributed by atoms with Crippen LogP contribution in [0.3, 0.4) is 0 Å². The number of anilines is 1. The summed E-state index contributed by atoms with van der Waals surface area (Å²) in [5.74, 6) is -1.09. The van der Waals surface area contributed by atoms with Crippen molar-refractivity contribution < 1.29 is 18.8 Å². The van der Waals surface area contributed by atoms with Crippen LogP contribution in [-0.4, -0.2) is 35.3 Å². The fourth-order valence-corrected chi connectivity index (χ4v) is 4.57. The molecule has 0 aliphatic heterocycles. The number of hydrogen-bond donors (Lipinski definition) is 2. The Bertz CT molecular complexity index is 1150. The number of carbonyl (C=O) groups is 3. The summed E-state index contributed by atoms with van der Waals surface area (Å²) in [5.41, 5.74) is 3.08. The molecule has 1 aliphatic carbocycles. The van der Waals surface area contributed by atoms with Crippen molar-refractivity contribution >= 4 is 23.4 Å². The minimum absolute atomic E-state index is 0.0801. The maximum absolute atomic E-state index is 13.7. The summed E-state index contributed by atoms with van der Waals surface area (Å²) in [6, 6.07) is 11.5. The van der Waals surface area contributed by atoms with Gasteiger partial charge < -0.3 is 15.1 Å². The number of pyridine rings is 1. The zero-order chi connectivity index (χ0) is 24.8. The van der Waals surface area contributed by atoms with Gasteiger partial charge in [-0.2, -0.15) is 0 Å². The third-order valence-electron chi connectivity index (χ3n) is 6.11. The first-order valence-electron chi connectivity index (χ1n) is 11.8. The lowest BCUT2D eigenvalue weighted by molar-refractivity contribution is -0.126. The first-order valence-corrected chi connectivity index (χ1v) is 11.8. The topological polar surface area (TPSA) is 105 Å². The van der Waals surface area contributed by atoms with Crippen LogP contribution in [-0.2, 0) is 9.59 Å². The first-order chi connectivity index (χ1) is 16.9. The smallest absolute Gasteiger partial charge is 0.287 e. The van der Waals surface area contributed by atoms with Gasteiger partial charge in [0.2, 0.25) is 11.8 Å². The Morgan fingerprint density at radius 1 is 1.09 bits per heavy atom. The average Bonchev–Trinajstić information content (AvgIpc) is 3.55. The third kappa shape index (κ3) is 5.95. The van der Waals surface area contributed by atoms with Gasteiger partial charge in [0.15, 0.2) is 5.76 Å². The van der Waals surface area contributed by atoms with E-state index in [4.69, 9.17) is 4.42 Å². The van der Waals surface area contributed by atoms with E-state index in [-0.39, 0.29) is 24.3 Å². The second-order valence-corrected chi connectivity index (χ2v) is 8.95. The molecule has 3 aromatic rings. The highest BCUT2D eigenvalue weighted by Gasteiger charge is 2.34. The van der Waals surface area contributed by atoms with E-state index in [9.17, 15) is 14.4 Å². The third-order valence-corrected chi connectivity index (χ3v) is 6.11. The Hall–Kier alpha value is -3.94. The van der Waals surface area contributed by atoms with E-state index in [0.717, 1.165) is 36.8 Å². The Kier molecular flexibility index (Phi) is 7.60. The highest BCUT2D eigenvalue weighted by atomic mass is 16.3. The number of benzene rings is 1. The Balaban J connectivity index is 1.69. The molecule has 2 aromatic heterocycles. The summed E-state index contributed by atoms with van der Waals surface area (Å²) in [5, 5.41) is 5.75. The zero-order valence-electron chi connectivity index (χ0n) is 20.0. The van der Waals surface area contributed by atoms with Gasteiger partial charge in [-0.3, -0.25) is 24.3 Å². The lowest BCUT2D eigenvalue weighted by Crippen LogP contribution is -2.49. The standard InChI is InChI=1S/C27H30N4O4/c1-18-13-19(2)15-22(14-18)31(24(32)17-29-26(33)23-10-6-12-35-23)25(20-7-5-11-28-16-20)27(34)30-21-8-3-4-9-21/h5-7,10-16,21,25H,3-4,8-9,17H2,1-2H3,(H,29,33)(H,30,34)/t25-/m0/s1. The van der Waals surface area contributed by atoms with Gasteiger partial charge in [-0.25, -0.2) is 0 Å². The van der Waals surface area contributed by atoms with Crippen LogP contribution in [0.15, 0.2) is 65.5 Å². The van der Waals surface area contributed by atoms with Gasteiger partial charge in [-0.1, -0.05) is 25.0 Å². The second-order valence-electron chi connectivity index (χ2n) is 8.95. The molecular formula is C27H30N4O4. The van der Waals surface area contributed by atoms with Gasteiger partial charge in [0.05, 0.1) is 12.8 Å². The molecular weight excluding hydrogens is 444 g/mol. The quantitative estimate of drug-likeness (QED) is 0.516. The number of aryl methyl sites for hydroxylation is 2. The van der Waals surface area contributed by atoms with Crippen LogP contribution in [0.2, 0.25) is 0 Å². The van der Waals surface area contributed by atoms with Crippen LogP contribution in [0.5, 0.6) is 0 Å². The van der Waals surface area contributed by atoms with Crippen LogP contribution < -0.4 is 15.5 Å². The minimum Gasteiger partial charge on any atom is -0.459 e. The summed E-state index contributed by atoms with van der Waals surface area (Å²) in [4.78, 5) is 45.4. The van der Waals surface area contributed by atoms with E-state index in [1.807, 2.05) is 32.0 Å². The number of amides is 3. The summed E-state index contributed by atoms with van der Waals surface area (Å²) < 4.78 is 5.12. The molecule has 0 spiro atoms. The molecule has 8 heteroatoms. The second kappa shape index (κ2) is 11.0. The Morgan fingerprint density at radius 2 is 1.83 bits per heavy atom.